The molecule has 1 unspecified atom stereocenters. The summed E-state index contributed by atoms with van der Waals surface area (Å²) >= 11 is 0. The molecule has 0 N–H and O–H groups in total. The molecule has 0 aliphatic heterocycles. The molecule has 0 aromatic carbocycles. The van der Waals surface area contributed by atoms with Crippen molar-refractivity contribution in [1.29, 1.82) is 0 Å². The molecular formula is C13H22O2. The molecule has 1 aliphatic rings. The van der Waals surface area contributed by atoms with Gasteiger partial charge in [0, 0.05) is 0 Å². The van der Waals surface area contributed by atoms with Crippen LogP contribution in [0.25, 0.3) is 0 Å². The van der Waals surface area contributed by atoms with Gasteiger partial charge in [-0.3, -0.25) is 4.79 Å². The summed E-state index contributed by atoms with van der Waals surface area (Å²) in [6, 6.07) is 0. The largest absolute Gasteiger partial charge is 0.466 e. The van der Waals surface area contributed by atoms with Crippen LogP contribution in [0, 0.1) is 5.41 Å². The summed E-state index contributed by atoms with van der Waals surface area (Å²) in [5.74, 6) is 0.00199. The highest BCUT2D eigenvalue weighted by Crippen LogP contribution is 2.39. The van der Waals surface area contributed by atoms with Crippen LogP contribution in [-0.2, 0) is 9.53 Å². The number of carbonyl (C=O) groups is 1. The van der Waals surface area contributed by atoms with Gasteiger partial charge in [-0.25, -0.2) is 0 Å². The molecular weight excluding hydrogens is 188 g/mol. The van der Waals surface area contributed by atoms with E-state index in [0.717, 1.165) is 32.1 Å². The van der Waals surface area contributed by atoms with Gasteiger partial charge in [-0.05, 0) is 46.0 Å². The summed E-state index contributed by atoms with van der Waals surface area (Å²) in [7, 11) is 0. The van der Waals surface area contributed by atoms with E-state index in [1.54, 1.807) is 0 Å². The van der Waals surface area contributed by atoms with E-state index in [1.165, 1.54) is 5.57 Å². The molecule has 2 heteroatoms. The number of ether oxygens (including phenoxy) is 1. The zero-order chi connectivity index (χ0) is 11.3. The summed E-state index contributed by atoms with van der Waals surface area (Å²) < 4.78 is 5.21. The lowest BCUT2D eigenvalue weighted by Crippen LogP contribution is -2.32. The third-order valence-electron chi connectivity index (χ3n) is 3.35. The molecule has 15 heavy (non-hydrogen) atoms. The highest BCUT2D eigenvalue weighted by Gasteiger charge is 2.38. The molecule has 0 heterocycles. The van der Waals surface area contributed by atoms with Crippen molar-refractivity contribution in [3.8, 4) is 0 Å². The second-order valence-electron chi connectivity index (χ2n) is 4.47. The molecule has 0 saturated carbocycles. The molecule has 0 fully saturated rings. The predicted octanol–water partition coefficient (Wildman–Crippen LogP) is 3.47. The zero-order valence-corrected chi connectivity index (χ0v) is 10.1. The first-order chi connectivity index (χ1) is 7.14. The van der Waals surface area contributed by atoms with E-state index in [2.05, 4.69) is 19.9 Å². The molecule has 1 aliphatic carbocycles. The molecule has 0 amide bonds. The Morgan fingerprint density at radius 2 is 2.27 bits per heavy atom. The predicted molar refractivity (Wildman–Crippen MR) is 61.6 cm³/mol. The van der Waals surface area contributed by atoms with E-state index < -0.39 is 0 Å². The summed E-state index contributed by atoms with van der Waals surface area (Å²) in [6.45, 7) is 6.58. The van der Waals surface area contributed by atoms with Crippen LogP contribution in [0.1, 0.15) is 52.9 Å². The molecule has 1 atom stereocenters. The van der Waals surface area contributed by atoms with E-state index in [1.807, 2.05) is 6.92 Å². The number of carbonyl (C=O) groups excluding carboxylic acids is 1. The Morgan fingerprint density at radius 1 is 1.53 bits per heavy atom. The fraction of sp³-hybridized carbons (Fsp3) is 0.769. The summed E-state index contributed by atoms with van der Waals surface area (Å²) in [5.41, 5.74) is 1.09. The fourth-order valence-corrected chi connectivity index (χ4v) is 2.39. The lowest BCUT2D eigenvalue weighted by atomic mass is 9.77. The summed E-state index contributed by atoms with van der Waals surface area (Å²) in [6.07, 6.45) is 7.20. The molecule has 0 spiro atoms. The average molecular weight is 210 g/mol. The number of rotatable bonds is 3. The maximum absolute atomic E-state index is 12.0. The van der Waals surface area contributed by atoms with Crippen LogP contribution in [-0.4, -0.2) is 12.6 Å². The van der Waals surface area contributed by atoms with E-state index in [-0.39, 0.29) is 11.4 Å². The van der Waals surface area contributed by atoms with Crippen LogP contribution < -0.4 is 0 Å². The maximum Gasteiger partial charge on any atom is 0.312 e. The molecule has 0 bridgehead atoms. The summed E-state index contributed by atoms with van der Waals surface area (Å²) in [4.78, 5) is 12.0. The van der Waals surface area contributed by atoms with Gasteiger partial charge in [0.25, 0.3) is 0 Å². The van der Waals surface area contributed by atoms with Gasteiger partial charge < -0.3 is 4.74 Å². The minimum absolute atomic E-state index is 0.00199. The highest BCUT2D eigenvalue weighted by atomic mass is 16.5. The van der Waals surface area contributed by atoms with Crippen molar-refractivity contribution in [3.05, 3.63) is 11.6 Å². The van der Waals surface area contributed by atoms with Crippen LogP contribution >= 0.6 is 0 Å². The van der Waals surface area contributed by atoms with Crippen molar-refractivity contribution in [2.24, 2.45) is 5.41 Å². The SMILES string of the molecule is CCOC(=O)C1(CC)CCCC=C(C)C1. The third kappa shape index (κ3) is 2.83. The van der Waals surface area contributed by atoms with Gasteiger partial charge in [-0.2, -0.15) is 0 Å². The number of hydrogen-bond donors (Lipinski definition) is 0. The maximum atomic E-state index is 12.0. The van der Waals surface area contributed by atoms with Gasteiger partial charge in [-0.15, -0.1) is 0 Å². The van der Waals surface area contributed by atoms with Crippen LogP contribution in [0.2, 0.25) is 0 Å². The van der Waals surface area contributed by atoms with Crippen LogP contribution in [0.3, 0.4) is 0 Å². The van der Waals surface area contributed by atoms with Gasteiger partial charge in [0.2, 0.25) is 0 Å². The Kier molecular flexibility index (Phi) is 4.37. The molecule has 2 nitrogen and oxygen atoms in total. The van der Waals surface area contributed by atoms with Gasteiger partial charge >= 0.3 is 5.97 Å². The third-order valence-corrected chi connectivity index (χ3v) is 3.35. The first-order valence-corrected chi connectivity index (χ1v) is 5.97. The normalized spacial score (nSPS) is 26.7. The standard InChI is InChI=1S/C13H22O2/c1-4-13(12(14)15-5-2)9-7-6-8-11(3)10-13/h8H,4-7,9-10H2,1-3H3. The topological polar surface area (TPSA) is 26.3 Å². The first-order valence-electron chi connectivity index (χ1n) is 5.97. The van der Waals surface area contributed by atoms with Crippen molar-refractivity contribution in [3.63, 3.8) is 0 Å². The quantitative estimate of drug-likeness (QED) is 0.526. The van der Waals surface area contributed by atoms with Gasteiger partial charge in [-0.1, -0.05) is 18.6 Å². The number of esters is 1. The minimum Gasteiger partial charge on any atom is -0.466 e. The average Bonchev–Trinajstić information content (AvgIpc) is 2.41. The Balaban J connectivity index is 2.82. The van der Waals surface area contributed by atoms with Gasteiger partial charge in [0.15, 0.2) is 0 Å². The van der Waals surface area contributed by atoms with Gasteiger partial charge in [0.1, 0.15) is 0 Å². The molecule has 86 valence electrons. The van der Waals surface area contributed by atoms with E-state index in [4.69, 9.17) is 4.74 Å². The molecule has 0 radical (unpaired) electrons. The first kappa shape index (κ1) is 12.3. The lowest BCUT2D eigenvalue weighted by molar-refractivity contribution is -0.156. The number of hydrogen-bond acceptors (Lipinski definition) is 2. The Labute approximate surface area is 92.7 Å². The molecule has 0 saturated heterocycles. The van der Waals surface area contributed by atoms with E-state index in [9.17, 15) is 4.79 Å². The van der Waals surface area contributed by atoms with Crippen molar-refractivity contribution >= 4 is 5.97 Å². The Morgan fingerprint density at radius 3 is 2.87 bits per heavy atom. The smallest absolute Gasteiger partial charge is 0.312 e. The monoisotopic (exact) mass is 210 g/mol. The summed E-state index contributed by atoms with van der Waals surface area (Å²) in [5, 5.41) is 0. The van der Waals surface area contributed by atoms with Crippen molar-refractivity contribution < 1.29 is 9.53 Å². The highest BCUT2D eigenvalue weighted by molar-refractivity contribution is 5.77. The van der Waals surface area contributed by atoms with Crippen molar-refractivity contribution in [2.45, 2.75) is 52.9 Å². The van der Waals surface area contributed by atoms with Crippen LogP contribution in [0.5, 0.6) is 0 Å². The van der Waals surface area contributed by atoms with E-state index >= 15 is 0 Å². The second-order valence-corrected chi connectivity index (χ2v) is 4.47. The van der Waals surface area contributed by atoms with Crippen LogP contribution in [0.4, 0.5) is 0 Å². The van der Waals surface area contributed by atoms with Crippen LogP contribution in [0.15, 0.2) is 11.6 Å². The number of allylic oxidation sites excluding steroid dienone is 2. The van der Waals surface area contributed by atoms with Crippen molar-refractivity contribution in [2.75, 3.05) is 6.61 Å². The second kappa shape index (κ2) is 5.34. The Bertz CT molecular complexity index is 255. The van der Waals surface area contributed by atoms with Gasteiger partial charge in [0.05, 0.1) is 12.0 Å². The fourth-order valence-electron chi connectivity index (χ4n) is 2.39. The zero-order valence-electron chi connectivity index (χ0n) is 10.1. The Hall–Kier alpha value is -0.790. The minimum atomic E-state index is -0.243. The molecule has 0 aromatic rings. The van der Waals surface area contributed by atoms with Crippen molar-refractivity contribution in [1.82, 2.24) is 0 Å². The lowest BCUT2D eigenvalue weighted by Gasteiger charge is -2.29. The van der Waals surface area contributed by atoms with E-state index in [0.29, 0.717) is 6.61 Å². The molecule has 1 rings (SSSR count). The molecule has 0 aromatic heterocycles.